The van der Waals surface area contributed by atoms with Crippen molar-refractivity contribution in [1.82, 2.24) is 0 Å². The number of anilines is 3. The summed E-state index contributed by atoms with van der Waals surface area (Å²) in [7, 11) is 0. The van der Waals surface area contributed by atoms with E-state index in [0.717, 1.165) is 56.3 Å². The van der Waals surface area contributed by atoms with Gasteiger partial charge in [0.25, 0.3) is 0 Å². The summed E-state index contributed by atoms with van der Waals surface area (Å²) in [5.41, 5.74) is 16.5. The summed E-state index contributed by atoms with van der Waals surface area (Å²) in [4.78, 5) is 4.73. The van der Waals surface area contributed by atoms with E-state index in [-0.39, 0.29) is 0 Å². The number of allylic oxidation sites excluding steroid dienone is 5. The van der Waals surface area contributed by atoms with E-state index in [9.17, 15) is 0 Å². The number of nitrogens with one attached hydrogen (secondary N) is 1. The van der Waals surface area contributed by atoms with Crippen LogP contribution in [0.25, 0.3) is 5.57 Å². The smallest absolute Gasteiger partial charge is 0.0637 e. The van der Waals surface area contributed by atoms with Crippen LogP contribution in [0.15, 0.2) is 138 Å². The molecule has 4 aromatic carbocycles. The third-order valence-electron chi connectivity index (χ3n) is 5.96. The van der Waals surface area contributed by atoms with Crippen molar-refractivity contribution in [3.63, 3.8) is 0 Å². The highest BCUT2D eigenvalue weighted by Crippen LogP contribution is 2.32. The lowest BCUT2D eigenvalue weighted by Crippen LogP contribution is -1.99. The molecule has 0 aliphatic heterocycles. The van der Waals surface area contributed by atoms with Gasteiger partial charge in [-0.25, -0.2) is 4.99 Å². The Labute approximate surface area is 206 Å². The average molecular weight is 454 g/mol. The topological polar surface area (TPSA) is 50.4 Å². The Hall–Kier alpha value is -4.63. The second kappa shape index (κ2) is 10.1. The van der Waals surface area contributed by atoms with Crippen LogP contribution in [0, 0.1) is 6.92 Å². The summed E-state index contributed by atoms with van der Waals surface area (Å²) in [6, 6.07) is 35.0. The minimum atomic E-state index is 0.799. The van der Waals surface area contributed by atoms with E-state index in [1.54, 1.807) is 0 Å². The molecular weight excluding hydrogens is 426 g/mol. The predicted molar refractivity (Wildman–Crippen MR) is 150 cm³/mol. The molecule has 1 aliphatic rings. The van der Waals surface area contributed by atoms with Crippen LogP contribution in [0.5, 0.6) is 0 Å². The Morgan fingerprint density at radius 3 is 1.91 bits per heavy atom. The lowest BCUT2D eigenvalue weighted by atomic mass is 9.90. The van der Waals surface area contributed by atoms with Gasteiger partial charge in [-0.05, 0) is 95.4 Å². The summed E-state index contributed by atoms with van der Waals surface area (Å²) >= 11 is 0. The third-order valence-corrected chi connectivity index (χ3v) is 5.96. The fourth-order valence-corrected chi connectivity index (χ4v) is 4.09. The first-order valence-corrected chi connectivity index (χ1v) is 11.7. The highest BCUT2D eigenvalue weighted by atomic mass is 14.9. The number of para-hydroxylation sites is 2. The van der Waals surface area contributed by atoms with Gasteiger partial charge in [0, 0.05) is 17.1 Å². The van der Waals surface area contributed by atoms with Crippen LogP contribution in [0.1, 0.15) is 16.7 Å². The summed E-state index contributed by atoms with van der Waals surface area (Å²) < 4.78 is 0. The first kappa shape index (κ1) is 22.2. The predicted octanol–water partition coefficient (Wildman–Crippen LogP) is 8.02. The van der Waals surface area contributed by atoms with Gasteiger partial charge in [0.15, 0.2) is 0 Å². The molecule has 0 atom stereocenters. The molecule has 0 saturated heterocycles. The molecule has 0 saturated carbocycles. The number of nitrogens with zero attached hydrogens (tertiary/aromatic N) is 1. The molecule has 0 fully saturated rings. The van der Waals surface area contributed by atoms with Gasteiger partial charge in [0.2, 0.25) is 0 Å². The quantitative estimate of drug-likeness (QED) is 0.301. The van der Waals surface area contributed by atoms with Crippen LogP contribution in [0.3, 0.4) is 0 Å². The Kier molecular flexibility index (Phi) is 6.40. The minimum Gasteiger partial charge on any atom is -0.399 e. The Bertz CT molecular complexity index is 1420. The van der Waals surface area contributed by atoms with Gasteiger partial charge in [0.1, 0.15) is 0 Å². The number of nitrogens with two attached hydrogens (primary N) is 1. The van der Waals surface area contributed by atoms with Crippen molar-refractivity contribution in [1.29, 1.82) is 0 Å². The summed E-state index contributed by atoms with van der Waals surface area (Å²) in [5, 5.41) is 3.46. The highest BCUT2D eigenvalue weighted by Gasteiger charge is 2.12. The van der Waals surface area contributed by atoms with Crippen molar-refractivity contribution in [3.8, 4) is 0 Å². The average Bonchev–Trinajstić information content (AvgIpc) is 2.90. The Morgan fingerprint density at radius 2 is 1.26 bits per heavy atom. The van der Waals surface area contributed by atoms with E-state index in [1.807, 2.05) is 61.5 Å². The van der Waals surface area contributed by atoms with E-state index in [0.29, 0.717) is 0 Å². The van der Waals surface area contributed by atoms with Gasteiger partial charge in [0.05, 0.1) is 11.4 Å². The number of aliphatic imine (C=N–C) groups is 1. The van der Waals surface area contributed by atoms with Gasteiger partial charge < -0.3 is 11.1 Å². The van der Waals surface area contributed by atoms with Crippen LogP contribution in [-0.4, -0.2) is 5.71 Å². The summed E-state index contributed by atoms with van der Waals surface area (Å²) in [6.07, 6.45) is 8.41. The number of benzene rings is 4. The van der Waals surface area contributed by atoms with Crippen molar-refractivity contribution >= 4 is 34.0 Å². The van der Waals surface area contributed by atoms with Crippen molar-refractivity contribution in [2.75, 3.05) is 11.1 Å². The largest absolute Gasteiger partial charge is 0.399 e. The first-order valence-electron chi connectivity index (χ1n) is 11.7. The number of hydrogen-bond donors (Lipinski definition) is 2. The van der Waals surface area contributed by atoms with E-state index >= 15 is 0 Å². The Balaban J connectivity index is 1.51. The maximum atomic E-state index is 6.12. The molecule has 4 aromatic rings. The van der Waals surface area contributed by atoms with Crippen LogP contribution < -0.4 is 11.1 Å². The number of rotatable bonds is 5. The summed E-state index contributed by atoms with van der Waals surface area (Å²) in [6.45, 7) is 2.05. The van der Waals surface area contributed by atoms with E-state index < -0.39 is 0 Å². The molecule has 5 rings (SSSR count). The maximum Gasteiger partial charge on any atom is 0.0637 e. The van der Waals surface area contributed by atoms with Crippen LogP contribution in [0.4, 0.5) is 22.7 Å². The van der Waals surface area contributed by atoms with Crippen molar-refractivity contribution in [2.24, 2.45) is 4.99 Å². The van der Waals surface area contributed by atoms with Crippen LogP contribution >= 0.6 is 0 Å². The molecule has 0 spiro atoms. The molecule has 0 heterocycles. The molecule has 35 heavy (non-hydrogen) atoms. The Morgan fingerprint density at radius 1 is 0.657 bits per heavy atom. The second-order valence-corrected chi connectivity index (χ2v) is 8.51. The van der Waals surface area contributed by atoms with Gasteiger partial charge in [-0.15, -0.1) is 0 Å². The van der Waals surface area contributed by atoms with Crippen molar-refractivity contribution < 1.29 is 0 Å². The van der Waals surface area contributed by atoms with Gasteiger partial charge in [-0.3, -0.25) is 0 Å². The maximum absolute atomic E-state index is 6.12. The molecule has 0 unspecified atom stereocenters. The zero-order chi connectivity index (χ0) is 24.0. The lowest BCUT2D eigenvalue weighted by molar-refractivity contribution is 1.42. The van der Waals surface area contributed by atoms with Crippen LogP contribution in [0.2, 0.25) is 0 Å². The number of hydrogen-bond acceptors (Lipinski definition) is 3. The summed E-state index contributed by atoms with van der Waals surface area (Å²) in [5.74, 6) is 0. The van der Waals surface area contributed by atoms with E-state index in [2.05, 4.69) is 78.2 Å². The lowest BCUT2D eigenvalue weighted by Gasteiger charge is -2.16. The molecule has 0 radical (unpaired) electrons. The third kappa shape index (κ3) is 5.31. The fourth-order valence-electron chi connectivity index (χ4n) is 4.09. The highest BCUT2D eigenvalue weighted by molar-refractivity contribution is 6.08. The molecule has 170 valence electrons. The molecule has 3 heteroatoms. The SMILES string of the molecule is Cc1cc(C(=C2C=CC(=Nc3ccccc3)C=C2)c2ccc(Nc3ccccc3)cc2)ccc1N. The molecule has 1 aliphatic carbocycles. The fraction of sp³-hybridized carbons (Fsp3) is 0.0312. The second-order valence-electron chi connectivity index (χ2n) is 8.51. The van der Waals surface area contributed by atoms with E-state index in [4.69, 9.17) is 10.7 Å². The number of nitrogen functional groups attached to an aromatic ring is 1. The van der Waals surface area contributed by atoms with Crippen molar-refractivity contribution in [2.45, 2.75) is 6.92 Å². The number of aryl methyl sites for hydroxylation is 1. The molecule has 0 amide bonds. The monoisotopic (exact) mass is 453 g/mol. The van der Waals surface area contributed by atoms with Crippen molar-refractivity contribution in [3.05, 3.63) is 150 Å². The first-order chi connectivity index (χ1) is 17.2. The minimum absolute atomic E-state index is 0.799. The standard InChI is InChI=1S/C32H27N3/c1-23-22-26(16-21-31(23)33)32(24-12-17-29(18-13-24)34-27-8-4-2-5-9-27)25-14-19-30(20-15-25)35-28-10-6-3-7-11-28/h2-22,34H,33H2,1H3. The molecule has 3 N–H and O–H groups in total. The molecule has 0 bridgehead atoms. The van der Waals surface area contributed by atoms with Crippen LogP contribution in [-0.2, 0) is 0 Å². The molecule has 3 nitrogen and oxygen atoms in total. The van der Waals surface area contributed by atoms with E-state index in [1.165, 1.54) is 0 Å². The van der Waals surface area contributed by atoms with Gasteiger partial charge in [-0.1, -0.05) is 66.7 Å². The zero-order valence-electron chi connectivity index (χ0n) is 19.6. The van der Waals surface area contributed by atoms with Gasteiger partial charge in [-0.2, -0.15) is 0 Å². The molecule has 0 aromatic heterocycles. The van der Waals surface area contributed by atoms with Gasteiger partial charge >= 0.3 is 0 Å². The molecular formula is C32H27N3. The normalized spacial score (nSPS) is 12.5. The zero-order valence-corrected chi connectivity index (χ0v) is 19.6.